The van der Waals surface area contributed by atoms with Crippen LogP contribution in [0.1, 0.15) is 25.3 Å². The number of thiazole rings is 1. The first kappa shape index (κ1) is 12.1. The second-order valence-electron chi connectivity index (χ2n) is 4.51. The molecule has 0 fully saturated rings. The van der Waals surface area contributed by atoms with Gasteiger partial charge in [0.25, 0.3) is 0 Å². The summed E-state index contributed by atoms with van der Waals surface area (Å²) >= 11 is 5.55. The minimum absolute atomic E-state index is 0.549. The van der Waals surface area contributed by atoms with Crippen molar-refractivity contribution in [2.75, 3.05) is 0 Å². The van der Waals surface area contributed by atoms with Crippen molar-refractivity contribution in [2.24, 2.45) is 5.92 Å². The van der Waals surface area contributed by atoms with Crippen LogP contribution in [0.3, 0.4) is 0 Å². The Morgan fingerprint density at radius 3 is 2.75 bits per heavy atom. The normalized spacial score (nSPS) is 13.5. The number of fused-ring (bicyclic) bond motifs is 1. The van der Waals surface area contributed by atoms with Gasteiger partial charge in [0.2, 0.25) is 0 Å². The van der Waals surface area contributed by atoms with Gasteiger partial charge < -0.3 is 0 Å². The monoisotopic (exact) mass is 297 g/mol. The number of halogens is 1. The van der Waals surface area contributed by atoms with Crippen molar-refractivity contribution in [3.8, 4) is 0 Å². The molecule has 0 saturated heterocycles. The summed E-state index contributed by atoms with van der Waals surface area (Å²) in [5.74, 6) is 0.735. The molecular weight excluding hydrogens is 282 g/mol. The maximum absolute atomic E-state index is 4.65. The Kier molecular flexibility index (Phi) is 3.98. The number of nitrogens with zero attached hydrogens (tertiary/aromatic N) is 1. The summed E-state index contributed by atoms with van der Waals surface area (Å²) < 4.78 is 1.29. The Balaban J connectivity index is 2.09. The van der Waals surface area contributed by atoms with E-state index in [2.05, 4.69) is 53.0 Å². The van der Waals surface area contributed by atoms with Gasteiger partial charge in [-0.25, -0.2) is 4.98 Å². The van der Waals surface area contributed by atoms with Crippen LogP contribution in [-0.2, 0) is 6.42 Å². The van der Waals surface area contributed by atoms with Gasteiger partial charge in [0.1, 0.15) is 0 Å². The number of alkyl halides is 1. The molecule has 1 aromatic heterocycles. The highest BCUT2D eigenvalue weighted by Gasteiger charge is 2.11. The zero-order valence-corrected chi connectivity index (χ0v) is 12.0. The SMILES string of the molecule is CC(C)CC(Br)Cc1nc2ccccc2s1. The zero-order chi connectivity index (χ0) is 11.5. The van der Waals surface area contributed by atoms with Crippen LogP contribution in [0.25, 0.3) is 10.2 Å². The Hall–Kier alpha value is -0.410. The van der Waals surface area contributed by atoms with Crippen molar-refractivity contribution in [3.05, 3.63) is 29.3 Å². The summed E-state index contributed by atoms with van der Waals surface area (Å²) in [5.41, 5.74) is 1.13. The molecule has 3 heteroatoms. The molecule has 0 N–H and O–H groups in total. The van der Waals surface area contributed by atoms with E-state index in [0.717, 1.165) is 17.9 Å². The van der Waals surface area contributed by atoms with E-state index in [4.69, 9.17) is 0 Å². The molecule has 0 amide bonds. The quantitative estimate of drug-likeness (QED) is 0.749. The van der Waals surface area contributed by atoms with Gasteiger partial charge in [0.15, 0.2) is 0 Å². The molecule has 1 nitrogen and oxygen atoms in total. The van der Waals surface area contributed by atoms with Gasteiger partial charge >= 0.3 is 0 Å². The van der Waals surface area contributed by atoms with Gasteiger partial charge in [-0.2, -0.15) is 0 Å². The minimum atomic E-state index is 0.549. The summed E-state index contributed by atoms with van der Waals surface area (Å²) in [6.07, 6.45) is 2.24. The second-order valence-corrected chi connectivity index (χ2v) is 6.92. The van der Waals surface area contributed by atoms with Crippen LogP contribution >= 0.6 is 27.3 Å². The number of hydrogen-bond acceptors (Lipinski definition) is 2. The third-order valence-corrected chi connectivity index (χ3v) is 4.22. The number of benzene rings is 1. The molecule has 1 heterocycles. The molecule has 0 spiro atoms. The Bertz CT molecular complexity index is 431. The number of para-hydroxylation sites is 1. The Labute approximate surface area is 109 Å². The van der Waals surface area contributed by atoms with Crippen LogP contribution in [0.4, 0.5) is 0 Å². The van der Waals surface area contributed by atoms with Gasteiger partial charge in [-0.3, -0.25) is 0 Å². The molecule has 2 aromatic rings. The predicted molar refractivity (Wildman–Crippen MR) is 75.5 cm³/mol. The second kappa shape index (κ2) is 5.28. The molecule has 0 bridgehead atoms. The maximum atomic E-state index is 4.65. The first-order chi connectivity index (χ1) is 7.65. The highest BCUT2D eigenvalue weighted by atomic mass is 79.9. The van der Waals surface area contributed by atoms with Gasteiger partial charge in [-0.15, -0.1) is 11.3 Å². The molecule has 0 aliphatic heterocycles. The summed E-state index contributed by atoms with van der Waals surface area (Å²) in [5, 5.41) is 1.24. The third kappa shape index (κ3) is 3.05. The third-order valence-electron chi connectivity index (χ3n) is 2.46. The zero-order valence-electron chi connectivity index (χ0n) is 9.61. The first-order valence-electron chi connectivity index (χ1n) is 5.63. The van der Waals surface area contributed by atoms with E-state index in [1.165, 1.54) is 16.1 Å². The highest BCUT2D eigenvalue weighted by Crippen LogP contribution is 2.25. The van der Waals surface area contributed by atoms with Crippen LogP contribution in [0.15, 0.2) is 24.3 Å². The molecule has 1 aromatic carbocycles. The molecule has 0 aliphatic rings. The fourth-order valence-electron chi connectivity index (χ4n) is 1.79. The summed E-state index contributed by atoms with van der Waals surface area (Å²) in [4.78, 5) is 5.20. The van der Waals surface area contributed by atoms with Crippen molar-refractivity contribution in [1.82, 2.24) is 4.98 Å². The van der Waals surface area contributed by atoms with Crippen LogP contribution in [0, 0.1) is 5.92 Å². The molecular formula is C13H16BrNS. The predicted octanol–water partition coefficient (Wildman–Crippen LogP) is 4.65. The van der Waals surface area contributed by atoms with Gasteiger partial charge in [0.05, 0.1) is 15.2 Å². The van der Waals surface area contributed by atoms with Crippen molar-refractivity contribution in [2.45, 2.75) is 31.5 Å². The smallest absolute Gasteiger partial charge is 0.0949 e. The van der Waals surface area contributed by atoms with Crippen molar-refractivity contribution in [3.63, 3.8) is 0 Å². The van der Waals surface area contributed by atoms with Crippen LogP contribution in [-0.4, -0.2) is 9.81 Å². The average Bonchev–Trinajstić information content (AvgIpc) is 2.57. The fraction of sp³-hybridized carbons (Fsp3) is 0.462. The largest absolute Gasteiger partial charge is 0.241 e. The Morgan fingerprint density at radius 1 is 1.31 bits per heavy atom. The number of hydrogen-bond donors (Lipinski definition) is 0. The van der Waals surface area contributed by atoms with Crippen molar-refractivity contribution in [1.29, 1.82) is 0 Å². The van der Waals surface area contributed by atoms with Crippen molar-refractivity contribution < 1.29 is 0 Å². The molecule has 0 aliphatic carbocycles. The van der Waals surface area contributed by atoms with Crippen LogP contribution in [0.5, 0.6) is 0 Å². The van der Waals surface area contributed by atoms with Crippen molar-refractivity contribution >= 4 is 37.5 Å². The van der Waals surface area contributed by atoms with E-state index in [0.29, 0.717) is 4.83 Å². The van der Waals surface area contributed by atoms with E-state index < -0.39 is 0 Å². The molecule has 2 rings (SSSR count). The van der Waals surface area contributed by atoms with E-state index in [-0.39, 0.29) is 0 Å². The van der Waals surface area contributed by atoms with Gasteiger partial charge in [-0.1, -0.05) is 41.9 Å². The number of rotatable bonds is 4. The van der Waals surface area contributed by atoms with E-state index in [1.807, 2.05) is 17.4 Å². The maximum Gasteiger partial charge on any atom is 0.0949 e. The first-order valence-corrected chi connectivity index (χ1v) is 7.37. The summed E-state index contributed by atoms with van der Waals surface area (Å²) in [6.45, 7) is 4.51. The number of aromatic nitrogens is 1. The van der Waals surface area contributed by atoms with E-state index in [9.17, 15) is 0 Å². The molecule has 0 radical (unpaired) electrons. The lowest BCUT2D eigenvalue weighted by Gasteiger charge is -2.09. The standard InChI is InChI=1S/C13H16BrNS/c1-9(2)7-10(14)8-13-15-11-5-3-4-6-12(11)16-13/h3-6,9-10H,7-8H2,1-2H3. The summed E-state index contributed by atoms with van der Waals surface area (Å²) in [7, 11) is 0. The lowest BCUT2D eigenvalue weighted by molar-refractivity contribution is 0.570. The van der Waals surface area contributed by atoms with E-state index >= 15 is 0 Å². The lowest BCUT2D eigenvalue weighted by atomic mass is 10.1. The van der Waals surface area contributed by atoms with Crippen LogP contribution < -0.4 is 0 Å². The van der Waals surface area contributed by atoms with E-state index in [1.54, 1.807) is 0 Å². The minimum Gasteiger partial charge on any atom is -0.241 e. The molecule has 0 saturated carbocycles. The molecule has 16 heavy (non-hydrogen) atoms. The Morgan fingerprint density at radius 2 is 2.06 bits per heavy atom. The lowest BCUT2D eigenvalue weighted by Crippen LogP contribution is -2.06. The van der Waals surface area contributed by atoms with Gasteiger partial charge in [0, 0.05) is 11.2 Å². The van der Waals surface area contributed by atoms with Gasteiger partial charge in [-0.05, 0) is 24.5 Å². The fourth-order valence-corrected chi connectivity index (χ4v) is 4.11. The summed E-state index contributed by atoms with van der Waals surface area (Å²) in [6, 6.07) is 8.35. The topological polar surface area (TPSA) is 12.9 Å². The highest BCUT2D eigenvalue weighted by molar-refractivity contribution is 9.09. The molecule has 86 valence electrons. The molecule has 1 atom stereocenters. The molecule has 1 unspecified atom stereocenters. The van der Waals surface area contributed by atoms with Crippen LogP contribution in [0.2, 0.25) is 0 Å². The average molecular weight is 298 g/mol.